The van der Waals surface area contributed by atoms with E-state index in [1.165, 1.54) is 0 Å². The first-order chi connectivity index (χ1) is 21.9. The van der Waals surface area contributed by atoms with Gasteiger partial charge in [-0.2, -0.15) is 13.4 Å². The predicted octanol–water partition coefficient (Wildman–Crippen LogP) is 8.58. The number of rotatable bonds is 7. The Balaban J connectivity index is 1.57. The van der Waals surface area contributed by atoms with E-state index in [0.717, 1.165) is 22.4 Å². The van der Waals surface area contributed by atoms with Gasteiger partial charge in [-0.25, -0.2) is 4.98 Å². The summed E-state index contributed by atoms with van der Waals surface area (Å²) in [7, 11) is -4.31. The monoisotopic (exact) mass is 611 g/mol. The van der Waals surface area contributed by atoms with Crippen molar-refractivity contribution >= 4 is 33.1 Å². The highest BCUT2D eigenvalue weighted by molar-refractivity contribution is 7.86. The molecular weight excluding hydrogens is 580 g/mol. The highest BCUT2D eigenvalue weighted by Crippen LogP contribution is 2.54. The zero-order chi connectivity index (χ0) is 31.0. The van der Waals surface area contributed by atoms with Crippen LogP contribution in [0.25, 0.3) is 22.5 Å². The summed E-state index contributed by atoms with van der Waals surface area (Å²) < 4.78 is 34.4. The van der Waals surface area contributed by atoms with E-state index in [9.17, 15) is 8.42 Å². The molecule has 2 unspecified atom stereocenters. The number of para-hydroxylation sites is 2. The molecule has 7 rings (SSSR count). The van der Waals surface area contributed by atoms with Crippen LogP contribution >= 0.6 is 0 Å². The van der Waals surface area contributed by atoms with Gasteiger partial charge in [-0.1, -0.05) is 124 Å². The van der Waals surface area contributed by atoms with Crippen molar-refractivity contribution in [2.75, 3.05) is 4.90 Å². The summed E-state index contributed by atoms with van der Waals surface area (Å²) in [4.78, 5) is 12.7. The molecule has 0 radical (unpaired) electrons. The second-order valence-electron chi connectivity index (χ2n) is 11.0. The number of aromatic nitrogens is 2. The lowest BCUT2D eigenvalue weighted by Crippen LogP contribution is -2.54. The molecule has 2 atom stereocenters. The lowest BCUT2D eigenvalue weighted by molar-refractivity contribution is -0.00817. The Morgan fingerprint density at radius 2 is 1.13 bits per heavy atom. The Morgan fingerprint density at radius 3 is 1.69 bits per heavy atom. The predicted molar refractivity (Wildman–Crippen MR) is 178 cm³/mol. The molecule has 5 aromatic carbocycles. The number of nitrogens with zero attached hydrogens (tertiary/aromatic N) is 4. The van der Waals surface area contributed by atoms with Crippen molar-refractivity contribution < 1.29 is 12.7 Å². The molecule has 0 fully saturated rings. The van der Waals surface area contributed by atoms with Crippen LogP contribution in [0.2, 0.25) is 0 Å². The molecule has 8 heteroatoms. The summed E-state index contributed by atoms with van der Waals surface area (Å²) in [5.41, 5.74) is 5.43. The second-order valence-corrected chi connectivity index (χ2v) is 12.5. The van der Waals surface area contributed by atoms with Crippen molar-refractivity contribution in [2.45, 2.75) is 24.9 Å². The molecule has 0 saturated heterocycles. The van der Waals surface area contributed by atoms with Gasteiger partial charge in [0, 0.05) is 35.9 Å². The van der Waals surface area contributed by atoms with E-state index in [1.807, 2.05) is 140 Å². The Morgan fingerprint density at radius 1 is 0.644 bits per heavy atom. The van der Waals surface area contributed by atoms with Gasteiger partial charge in [0.05, 0.1) is 10.6 Å². The third kappa shape index (κ3) is 4.99. The first-order valence-electron chi connectivity index (χ1n) is 14.7. The third-order valence-electron chi connectivity index (χ3n) is 8.10. The molecule has 0 N–H and O–H groups in total. The number of quaternary nitrogens is 1. The maximum Gasteiger partial charge on any atom is 0.344 e. The molecule has 2 heterocycles. The Kier molecular flexibility index (Phi) is 7.25. The van der Waals surface area contributed by atoms with Crippen LogP contribution in [0.5, 0.6) is 0 Å². The lowest BCUT2D eigenvalue weighted by Gasteiger charge is -2.34. The van der Waals surface area contributed by atoms with Crippen molar-refractivity contribution in [2.24, 2.45) is 0 Å². The Labute approximate surface area is 263 Å². The fraction of sp³-hybridized carbons (Fsp3) is 0.0811. The lowest BCUT2D eigenvalue weighted by atomic mass is 10.0. The van der Waals surface area contributed by atoms with Crippen LogP contribution in [0, 0.1) is 6.92 Å². The Bertz CT molecular complexity index is 2060. The summed E-state index contributed by atoms with van der Waals surface area (Å²) in [6, 6.07) is 45.6. The van der Waals surface area contributed by atoms with Crippen molar-refractivity contribution in [1.82, 2.24) is 14.6 Å². The number of aryl methyl sites for hydroxylation is 1. The molecule has 0 bridgehead atoms. The SMILES string of the molecule is Cc1ccc(S(=O)(=O)O[N+]2(c3ccccc3)c3nc(-c4ccccc4)c(-c4ccccc4)nc3N(c3ccccc3)C2C)cc1. The van der Waals surface area contributed by atoms with Gasteiger partial charge >= 0.3 is 15.9 Å². The molecule has 1 aliphatic heterocycles. The minimum atomic E-state index is -4.31. The first-order valence-corrected chi connectivity index (χ1v) is 16.1. The zero-order valence-electron chi connectivity index (χ0n) is 24.9. The molecule has 0 amide bonds. The second kappa shape index (κ2) is 11.4. The molecule has 1 aromatic heterocycles. The summed E-state index contributed by atoms with van der Waals surface area (Å²) in [6.45, 7) is 3.86. The number of hydrogen-bond acceptors (Lipinski definition) is 6. The van der Waals surface area contributed by atoms with Crippen LogP contribution < -0.4 is 9.55 Å². The van der Waals surface area contributed by atoms with Crippen LogP contribution in [-0.2, 0) is 14.4 Å². The van der Waals surface area contributed by atoms with Crippen LogP contribution in [0.4, 0.5) is 23.0 Å². The topological polar surface area (TPSA) is 72.4 Å². The molecule has 6 aromatic rings. The van der Waals surface area contributed by atoms with Gasteiger partial charge in [0.1, 0.15) is 5.69 Å². The number of hydroxylamine groups is 1. The van der Waals surface area contributed by atoms with Crippen LogP contribution in [-0.4, -0.2) is 24.6 Å². The fourth-order valence-electron chi connectivity index (χ4n) is 5.87. The normalized spacial score (nSPS) is 17.6. The molecule has 0 aliphatic carbocycles. The van der Waals surface area contributed by atoms with E-state index < -0.39 is 20.9 Å². The van der Waals surface area contributed by atoms with Gasteiger partial charge in [-0.3, -0.25) is 4.90 Å². The fourth-order valence-corrected chi connectivity index (χ4v) is 7.02. The van der Waals surface area contributed by atoms with Crippen molar-refractivity contribution in [3.05, 3.63) is 151 Å². The average molecular weight is 612 g/mol. The third-order valence-corrected chi connectivity index (χ3v) is 9.38. The van der Waals surface area contributed by atoms with Crippen LogP contribution in [0.3, 0.4) is 0 Å². The molecule has 1 aliphatic rings. The van der Waals surface area contributed by atoms with E-state index >= 15 is 0 Å². The zero-order valence-corrected chi connectivity index (χ0v) is 25.7. The van der Waals surface area contributed by atoms with Gasteiger partial charge in [0.15, 0.2) is 5.69 Å². The van der Waals surface area contributed by atoms with Crippen molar-refractivity contribution in [1.29, 1.82) is 0 Å². The standard InChI is InChI=1S/C37H31N4O3S/c1-27-23-25-33(26-24-27)45(42,43)44-41(32-21-13-6-14-22-32)28(2)40(31-19-11-5-12-20-31)36-37(41)39-35(30-17-9-4-10-18-30)34(38-36)29-15-7-3-8-16-29/h3-26,28H,1-2H3/q+1. The van der Waals surface area contributed by atoms with Gasteiger partial charge in [-0.15, -0.1) is 0 Å². The van der Waals surface area contributed by atoms with Gasteiger partial charge in [0.2, 0.25) is 12.0 Å². The Hall–Kier alpha value is -5.15. The van der Waals surface area contributed by atoms with E-state index in [-0.39, 0.29) is 4.90 Å². The molecule has 0 saturated carbocycles. The summed E-state index contributed by atoms with van der Waals surface area (Å²) in [6.07, 6.45) is -0.625. The highest BCUT2D eigenvalue weighted by atomic mass is 32.2. The maximum atomic E-state index is 14.2. The number of hydrogen-bond donors (Lipinski definition) is 0. The smallest absolute Gasteiger partial charge is 0.266 e. The van der Waals surface area contributed by atoms with Crippen molar-refractivity contribution in [3.63, 3.8) is 0 Å². The van der Waals surface area contributed by atoms with Crippen molar-refractivity contribution in [3.8, 4) is 22.5 Å². The van der Waals surface area contributed by atoms with Crippen LogP contribution in [0.1, 0.15) is 12.5 Å². The van der Waals surface area contributed by atoms with E-state index in [4.69, 9.17) is 14.3 Å². The van der Waals surface area contributed by atoms with Gasteiger partial charge in [0.25, 0.3) is 0 Å². The molecule has 0 spiro atoms. The number of fused-ring (bicyclic) bond motifs is 1. The first kappa shape index (κ1) is 28.6. The summed E-state index contributed by atoms with van der Waals surface area (Å²) in [5.74, 6) is 0.877. The van der Waals surface area contributed by atoms with E-state index in [1.54, 1.807) is 24.3 Å². The summed E-state index contributed by atoms with van der Waals surface area (Å²) in [5, 5.41) is 0. The highest BCUT2D eigenvalue weighted by Gasteiger charge is 2.60. The minimum absolute atomic E-state index is 0.0607. The quantitative estimate of drug-likeness (QED) is 0.168. The average Bonchev–Trinajstić information content (AvgIpc) is 3.32. The number of benzene rings is 5. The van der Waals surface area contributed by atoms with Gasteiger partial charge in [-0.05, 0) is 31.2 Å². The maximum absolute atomic E-state index is 14.2. The van der Waals surface area contributed by atoms with E-state index in [2.05, 4.69) is 0 Å². The van der Waals surface area contributed by atoms with Crippen LogP contribution in [0.15, 0.2) is 150 Å². The summed E-state index contributed by atoms with van der Waals surface area (Å²) >= 11 is 0. The molecular formula is C37H31N4O3S+. The largest absolute Gasteiger partial charge is 0.344 e. The minimum Gasteiger partial charge on any atom is -0.266 e. The molecule has 222 valence electrons. The van der Waals surface area contributed by atoms with Gasteiger partial charge < -0.3 is 0 Å². The molecule has 45 heavy (non-hydrogen) atoms. The molecule has 7 nitrogen and oxygen atoms in total. The number of anilines is 2. The van der Waals surface area contributed by atoms with E-state index in [0.29, 0.717) is 28.7 Å².